The summed E-state index contributed by atoms with van der Waals surface area (Å²) in [6.45, 7) is 3.82. The number of aliphatic carboxylic acids is 1. The van der Waals surface area contributed by atoms with Gasteiger partial charge in [-0.05, 0) is 48.9 Å². The number of aromatic nitrogens is 1. The molecule has 0 fully saturated rings. The Hall–Kier alpha value is -2.74. The predicted octanol–water partition coefficient (Wildman–Crippen LogP) is 6.02. The molecular weight excluding hydrogens is 415 g/mol. The van der Waals surface area contributed by atoms with Crippen LogP contribution in [0.2, 0.25) is 0 Å². The van der Waals surface area contributed by atoms with Gasteiger partial charge in [0.2, 0.25) is 5.89 Å². The molecule has 3 aromatic rings. The lowest BCUT2D eigenvalue weighted by Crippen LogP contribution is -2.04. The van der Waals surface area contributed by atoms with E-state index in [1.165, 1.54) is 12.1 Å². The summed E-state index contributed by atoms with van der Waals surface area (Å²) in [6, 6.07) is 12.1. The number of benzene rings is 2. The fourth-order valence-corrected chi connectivity index (χ4v) is 4.06. The first kappa shape index (κ1) is 22.0. The van der Waals surface area contributed by atoms with Gasteiger partial charge >= 0.3 is 12.1 Å². The fourth-order valence-electron chi connectivity index (χ4n) is 2.98. The van der Waals surface area contributed by atoms with E-state index < -0.39 is 17.7 Å². The van der Waals surface area contributed by atoms with Crippen molar-refractivity contribution in [3.05, 3.63) is 71.1 Å². The SMILES string of the molecule is Cc1nc(-c2ccc(C(F)(F)F)cc2)oc1CC(C)Sc1cccc(CC(=O)O)c1. The van der Waals surface area contributed by atoms with Gasteiger partial charge in [0, 0.05) is 22.1 Å². The highest BCUT2D eigenvalue weighted by Gasteiger charge is 2.30. The number of aryl methyl sites for hydroxylation is 1. The third-order valence-electron chi connectivity index (χ3n) is 4.42. The fraction of sp³-hybridized carbons (Fsp3) is 0.273. The van der Waals surface area contributed by atoms with Gasteiger partial charge in [-0.3, -0.25) is 4.79 Å². The second-order valence-electron chi connectivity index (χ2n) is 6.95. The normalized spacial score (nSPS) is 12.7. The lowest BCUT2D eigenvalue weighted by atomic mass is 10.1. The summed E-state index contributed by atoms with van der Waals surface area (Å²) in [6.07, 6.45) is -3.83. The molecule has 1 unspecified atom stereocenters. The van der Waals surface area contributed by atoms with Crippen LogP contribution < -0.4 is 0 Å². The summed E-state index contributed by atoms with van der Waals surface area (Å²) in [5.74, 6) is 0.0850. The summed E-state index contributed by atoms with van der Waals surface area (Å²) in [4.78, 5) is 16.2. The molecule has 3 rings (SSSR count). The van der Waals surface area contributed by atoms with Crippen LogP contribution in [0.25, 0.3) is 11.5 Å². The molecule has 4 nitrogen and oxygen atoms in total. The summed E-state index contributed by atoms with van der Waals surface area (Å²) in [5.41, 5.74) is 1.20. The highest BCUT2D eigenvalue weighted by Crippen LogP contribution is 2.32. The van der Waals surface area contributed by atoms with Gasteiger partial charge in [0.05, 0.1) is 17.7 Å². The average molecular weight is 435 g/mol. The van der Waals surface area contributed by atoms with E-state index in [0.29, 0.717) is 23.4 Å². The molecule has 2 aromatic carbocycles. The van der Waals surface area contributed by atoms with Crippen molar-refractivity contribution in [2.45, 2.75) is 43.0 Å². The second kappa shape index (κ2) is 8.95. The Morgan fingerprint density at radius 2 is 1.90 bits per heavy atom. The first-order valence-corrected chi connectivity index (χ1v) is 10.1. The maximum atomic E-state index is 12.7. The first-order chi connectivity index (χ1) is 14.1. The minimum atomic E-state index is -4.38. The van der Waals surface area contributed by atoms with Gasteiger partial charge in [-0.2, -0.15) is 13.2 Å². The number of carboxylic acids is 1. The van der Waals surface area contributed by atoms with Crippen molar-refractivity contribution in [3.8, 4) is 11.5 Å². The van der Waals surface area contributed by atoms with Crippen LogP contribution in [-0.2, 0) is 23.8 Å². The third-order valence-corrected chi connectivity index (χ3v) is 5.51. The molecule has 0 aliphatic rings. The summed E-state index contributed by atoms with van der Waals surface area (Å²) in [7, 11) is 0. The zero-order valence-corrected chi connectivity index (χ0v) is 17.2. The Kier molecular flexibility index (Phi) is 6.55. The molecular formula is C22H20F3NO3S. The highest BCUT2D eigenvalue weighted by atomic mass is 32.2. The molecule has 158 valence electrons. The van der Waals surface area contributed by atoms with E-state index in [9.17, 15) is 18.0 Å². The van der Waals surface area contributed by atoms with Crippen LogP contribution >= 0.6 is 11.8 Å². The maximum absolute atomic E-state index is 12.7. The predicted molar refractivity (Wildman–Crippen MR) is 108 cm³/mol. The Labute approximate surface area is 176 Å². The molecule has 0 aliphatic heterocycles. The summed E-state index contributed by atoms with van der Waals surface area (Å²) < 4.78 is 44.0. The van der Waals surface area contributed by atoms with Crippen molar-refractivity contribution in [2.75, 3.05) is 0 Å². The van der Waals surface area contributed by atoms with Gasteiger partial charge in [0.25, 0.3) is 0 Å². The second-order valence-corrected chi connectivity index (χ2v) is 8.47. The minimum absolute atomic E-state index is 0.0273. The molecule has 8 heteroatoms. The Morgan fingerprint density at radius 1 is 1.20 bits per heavy atom. The van der Waals surface area contributed by atoms with Crippen molar-refractivity contribution in [2.24, 2.45) is 0 Å². The number of alkyl halides is 3. The van der Waals surface area contributed by atoms with Crippen LogP contribution in [0.1, 0.15) is 29.5 Å². The van der Waals surface area contributed by atoms with Crippen LogP contribution in [0.15, 0.2) is 57.8 Å². The van der Waals surface area contributed by atoms with Crippen molar-refractivity contribution < 1.29 is 27.5 Å². The summed E-state index contributed by atoms with van der Waals surface area (Å²) in [5, 5.41) is 9.06. The van der Waals surface area contributed by atoms with Gasteiger partial charge < -0.3 is 9.52 Å². The van der Waals surface area contributed by atoms with Crippen LogP contribution in [0.4, 0.5) is 13.2 Å². The number of thioether (sulfide) groups is 1. The molecule has 0 bridgehead atoms. The van der Waals surface area contributed by atoms with Crippen LogP contribution in [0, 0.1) is 6.92 Å². The van der Waals surface area contributed by atoms with E-state index in [1.54, 1.807) is 24.8 Å². The van der Waals surface area contributed by atoms with E-state index in [1.807, 2.05) is 25.1 Å². The van der Waals surface area contributed by atoms with Gasteiger partial charge in [-0.15, -0.1) is 11.8 Å². The largest absolute Gasteiger partial charge is 0.481 e. The lowest BCUT2D eigenvalue weighted by molar-refractivity contribution is -0.138. The number of hydrogen-bond acceptors (Lipinski definition) is 4. The van der Waals surface area contributed by atoms with Gasteiger partial charge in [-0.25, -0.2) is 4.98 Å². The van der Waals surface area contributed by atoms with E-state index in [2.05, 4.69) is 4.98 Å². The zero-order valence-electron chi connectivity index (χ0n) is 16.4. The Balaban J connectivity index is 1.69. The molecule has 1 atom stereocenters. The molecule has 1 aromatic heterocycles. The molecule has 1 N–H and O–H groups in total. The van der Waals surface area contributed by atoms with E-state index in [4.69, 9.17) is 9.52 Å². The van der Waals surface area contributed by atoms with Gasteiger partial charge in [0.15, 0.2) is 0 Å². The molecule has 0 saturated carbocycles. The lowest BCUT2D eigenvalue weighted by Gasteiger charge is -2.11. The topological polar surface area (TPSA) is 63.3 Å². The molecule has 0 amide bonds. The minimum Gasteiger partial charge on any atom is -0.481 e. The van der Waals surface area contributed by atoms with Crippen molar-refractivity contribution >= 4 is 17.7 Å². The number of oxazole rings is 1. The van der Waals surface area contributed by atoms with E-state index in [-0.39, 0.29) is 17.6 Å². The first-order valence-electron chi connectivity index (χ1n) is 9.23. The number of nitrogens with zero attached hydrogens (tertiary/aromatic N) is 1. The maximum Gasteiger partial charge on any atom is 0.416 e. The summed E-state index contributed by atoms with van der Waals surface area (Å²) >= 11 is 1.59. The number of halogens is 3. The molecule has 30 heavy (non-hydrogen) atoms. The standard InChI is InChI=1S/C22H20F3NO3S/c1-13(30-18-5-3-4-15(11-18)12-20(27)28)10-19-14(2)26-21(29-19)16-6-8-17(9-7-16)22(23,24)25/h3-9,11,13H,10,12H2,1-2H3,(H,27,28). The highest BCUT2D eigenvalue weighted by molar-refractivity contribution is 7.99. The van der Waals surface area contributed by atoms with Crippen molar-refractivity contribution in [3.63, 3.8) is 0 Å². The molecule has 0 radical (unpaired) electrons. The Bertz CT molecular complexity index is 1030. The number of carbonyl (C=O) groups is 1. The quantitative estimate of drug-likeness (QED) is 0.460. The van der Waals surface area contributed by atoms with Crippen LogP contribution in [0.3, 0.4) is 0 Å². The van der Waals surface area contributed by atoms with Crippen molar-refractivity contribution in [1.29, 1.82) is 0 Å². The van der Waals surface area contributed by atoms with E-state index >= 15 is 0 Å². The molecule has 1 heterocycles. The molecule has 0 aliphatic carbocycles. The van der Waals surface area contributed by atoms with E-state index in [0.717, 1.165) is 22.6 Å². The number of carboxylic acid groups (broad SMARTS) is 1. The number of rotatable bonds is 7. The van der Waals surface area contributed by atoms with Crippen LogP contribution in [-0.4, -0.2) is 21.3 Å². The third kappa shape index (κ3) is 5.66. The Morgan fingerprint density at radius 3 is 2.53 bits per heavy atom. The van der Waals surface area contributed by atoms with Gasteiger partial charge in [0.1, 0.15) is 5.76 Å². The number of hydrogen-bond donors (Lipinski definition) is 1. The zero-order chi connectivity index (χ0) is 21.9. The average Bonchev–Trinajstić information content (AvgIpc) is 3.01. The molecule has 0 saturated heterocycles. The monoisotopic (exact) mass is 435 g/mol. The van der Waals surface area contributed by atoms with Gasteiger partial charge in [-0.1, -0.05) is 19.1 Å². The molecule has 0 spiro atoms. The van der Waals surface area contributed by atoms with Crippen LogP contribution in [0.5, 0.6) is 0 Å². The smallest absolute Gasteiger partial charge is 0.416 e. The van der Waals surface area contributed by atoms with Crippen molar-refractivity contribution in [1.82, 2.24) is 4.98 Å².